The molecule has 0 spiro atoms. The number of halogens is 2. The highest BCUT2D eigenvalue weighted by molar-refractivity contribution is 6.34. The Kier molecular flexibility index (Phi) is 4.43. The predicted molar refractivity (Wildman–Crippen MR) is 84.0 cm³/mol. The first-order valence-corrected chi connectivity index (χ1v) is 7.74. The van der Waals surface area contributed by atoms with Gasteiger partial charge in [0.1, 0.15) is 11.8 Å². The first-order chi connectivity index (χ1) is 10.6. The standard InChI is InChI=1S/C16H15Cl2NO3/c17-10-4-9(5-11(18)6-10)12-7-13(12)16(21)19-14(8-20)15-2-1-3-22-15/h1-6,12-14,20H,7-8H2,(H,19,21). The van der Waals surface area contributed by atoms with Crippen LogP contribution in [0.5, 0.6) is 0 Å². The van der Waals surface area contributed by atoms with E-state index in [0.717, 1.165) is 12.0 Å². The van der Waals surface area contributed by atoms with Crippen LogP contribution < -0.4 is 5.32 Å². The Morgan fingerprint density at radius 3 is 2.68 bits per heavy atom. The number of aliphatic hydroxyl groups is 1. The molecule has 0 aliphatic heterocycles. The second kappa shape index (κ2) is 6.32. The number of nitrogens with one attached hydrogen (secondary N) is 1. The zero-order chi connectivity index (χ0) is 15.7. The number of hydrogen-bond acceptors (Lipinski definition) is 3. The lowest BCUT2D eigenvalue weighted by Crippen LogP contribution is -2.32. The summed E-state index contributed by atoms with van der Waals surface area (Å²) in [5.41, 5.74) is 0.969. The number of benzene rings is 1. The zero-order valence-electron chi connectivity index (χ0n) is 11.6. The van der Waals surface area contributed by atoms with Crippen molar-refractivity contribution in [2.24, 2.45) is 5.92 Å². The molecule has 1 amide bonds. The van der Waals surface area contributed by atoms with Gasteiger partial charge in [-0.25, -0.2) is 0 Å². The summed E-state index contributed by atoms with van der Waals surface area (Å²) in [5.74, 6) is 0.432. The number of hydrogen-bond donors (Lipinski definition) is 2. The molecule has 0 saturated heterocycles. The molecule has 22 heavy (non-hydrogen) atoms. The van der Waals surface area contributed by atoms with Gasteiger partial charge in [0.25, 0.3) is 0 Å². The molecule has 3 rings (SSSR count). The monoisotopic (exact) mass is 339 g/mol. The van der Waals surface area contributed by atoms with Crippen LogP contribution in [0.25, 0.3) is 0 Å². The topological polar surface area (TPSA) is 62.5 Å². The van der Waals surface area contributed by atoms with Gasteiger partial charge in [-0.3, -0.25) is 4.79 Å². The molecule has 1 aliphatic rings. The Bertz CT molecular complexity index is 652. The maximum Gasteiger partial charge on any atom is 0.224 e. The number of furan rings is 1. The molecule has 3 atom stereocenters. The Hall–Kier alpha value is -1.49. The van der Waals surface area contributed by atoms with Crippen LogP contribution in [0, 0.1) is 5.92 Å². The summed E-state index contributed by atoms with van der Waals surface area (Å²) in [5, 5.41) is 13.3. The van der Waals surface area contributed by atoms with Gasteiger partial charge in [-0.2, -0.15) is 0 Å². The maximum absolute atomic E-state index is 12.3. The zero-order valence-corrected chi connectivity index (χ0v) is 13.1. The van der Waals surface area contributed by atoms with E-state index in [0.29, 0.717) is 15.8 Å². The van der Waals surface area contributed by atoms with E-state index in [4.69, 9.17) is 27.6 Å². The van der Waals surface area contributed by atoms with Crippen LogP contribution in [0.15, 0.2) is 41.0 Å². The summed E-state index contributed by atoms with van der Waals surface area (Å²) in [7, 11) is 0. The number of carbonyl (C=O) groups is 1. The third-order valence-electron chi connectivity index (χ3n) is 3.83. The summed E-state index contributed by atoms with van der Waals surface area (Å²) in [6.07, 6.45) is 2.26. The van der Waals surface area contributed by atoms with Gasteiger partial charge < -0.3 is 14.8 Å². The summed E-state index contributed by atoms with van der Waals surface area (Å²) in [6.45, 7) is -0.209. The predicted octanol–water partition coefficient (Wildman–Crippen LogP) is 3.54. The van der Waals surface area contributed by atoms with E-state index in [9.17, 15) is 9.90 Å². The van der Waals surface area contributed by atoms with E-state index >= 15 is 0 Å². The highest BCUT2D eigenvalue weighted by Crippen LogP contribution is 2.48. The molecule has 2 aromatic rings. The molecule has 116 valence electrons. The van der Waals surface area contributed by atoms with Crippen molar-refractivity contribution in [1.29, 1.82) is 0 Å². The minimum atomic E-state index is -0.522. The average molecular weight is 340 g/mol. The van der Waals surface area contributed by atoms with Crippen LogP contribution in [0.1, 0.15) is 29.7 Å². The van der Waals surface area contributed by atoms with Gasteiger partial charge in [0.05, 0.1) is 12.9 Å². The van der Waals surface area contributed by atoms with Crippen LogP contribution in [-0.4, -0.2) is 17.6 Å². The number of carbonyl (C=O) groups excluding carboxylic acids is 1. The van der Waals surface area contributed by atoms with E-state index in [-0.39, 0.29) is 24.3 Å². The Labute approximate surface area is 138 Å². The molecule has 4 nitrogen and oxygen atoms in total. The van der Waals surface area contributed by atoms with Crippen molar-refractivity contribution in [2.45, 2.75) is 18.4 Å². The van der Waals surface area contributed by atoms with Crippen molar-refractivity contribution < 1.29 is 14.3 Å². The molecule has 1 fully saturated rings. The second-order valence-corrected chi connectivity index (χ2v) is 6.28. The largest absolute Gasteiger partial charge is 0.467 e. The van der Waals surface area contributed by atoms with Crippen molar-refractivity contribution in [3.8, 4) is 0 Å². The van der Waals surface area contributed by atoms with E-state index < -0.39 is 6.04 Å². The van der Waals surface area contributed by atoms with E-state index in [1.807, 2.05) is 12.1 Å². The first-order valence-electron chi connectivity index (χ1n) is 6.99. The molecule has 1 saturated carbocycles. The fourth-order valence-corrected chi connectivity index (χ4v) is 3.16. The molecule has 3 unspecified atom stereocenters. The van der Waals surface area contributed by atoms with Crippen molar-refractivity contribution in [3.05, 3.63) is 58.0 Å². The number of amides is 1. The molecule has 6 heteroatoms. The highest BCUT2D eigenvalue weighted by atomic mass is 35.5. The summed E-state index contributed by atoms with van der Waals surface area (Å²) < 4.78 is 5.22. The SMILES string of the molecule is O=C(NC(CO)c1ccco1)C1CC1c1cc(Cl)cc(Cl)c1. The van der Waals surface area contributed by atoms with Gasteiger partial charge >= 0.3 is 0 Å². The van der Waals surface area contributed by atoms with Crippen molar-refractivity contribution in [2.75, 3.05) is 6.61 Å². The van der Waals surface area contributed by atoms with Gasteiger partial charge in [0.2, 0.25) is 5.91 Å². The minimum absolute atomic E-state index is 0.100. The third-order valence-corrected chi connectivity index (χ3v) is 4.26. The molecule has 1 aromatic heterocycles. The first kappa shape index (κ1) is 15.4. The molecule has 0 bridgehead atoms. The van der Waals surface area contributed by atoms with Crippen molar-refractivity contribution in [3.63, 3.8) is 0 Å². The highest BCUT2D eigenvalue weighted by Gasteiger charge is 2.44. The number of rotatable bonds is 5. The van der Waals surface area contributed by atoms with E-state index in [2.05, 4.69) is 5.32 Å². The lowest BCUT2D eigenvalue weighted by atomic mass is 10.1. The molecule has 0 radical (unpaired) electrons. The summed E-state index contributed by atoms with van der Waals surface area (Å²) in [6, 6.07) is 8.26. The van der Waals surface area contributed by atoms with Crippen molar-refractivity contribution >= 4 is 29.1 Å². The van der Waals surface area contributed by atoms with Crippen LogP contribution in [-0.2, 0) is 4.79 Å². The third kappa shape index (κ3) is 3.29. The number of aliphatic hydroxyl groups excluding tert-OH is 1. The molecule has 2 N–H and O–H groups in total. The molecular weight excluding hydrogens is 325 g/mol. The fourth-order valence-electron chi connectivity index (χ4n) is 2.62. The molecule has 1 aliphatic carbocycles. The second-order valence-electron chi connectivity index (χ2n) is 5.41. The summed E-state index contributed by atoms with van der Waals surface area (Å²) in [4.78, 5) is 12.3. The van der Waals surface area contributed by atoms with E-state index in [1.165, 1.54) is 6.26 Å². The van der Waals surface area contributed by atoms with E-state index in [1.54, 1.807) is 18.2 Å². The smallest absolute Gasteiger partial charge is 0.224 e. The fraction of sp³-hybridized carbons (Fsp3) is 0.312. The quantitative estimate of drug-likeness (QED) is 0.875. The lowest BCUT2D eigenvalue weighted by Gasteiger charge is -2.14. The molecular formula is C16H15Cl2NO3. The normalized spacial score (nSPS) is 21.4. The Balaban J connectivity index is 1.65. The lowest BCUT2D eigenvalue weighted by molar-refractivity contribution is -0.123. The molecule has 1 heterocycles. The van der Waals surface area contributed by atoms with Crippen LogP contribution in [0.3, 0.4) is 0 Å². The Morgan fingerprint density at radius 1 is 1.36 bits per heavy atom. The summed E-state index contributed by atoms with van der Waals surface area (Å²) >= 11 is 12.0. The van der Waals surface area contributed by atoms with Gasteiger partial charge in [-0.1, -0.05) is 23.2 Å². The minimum Gasteiger partial charge on any atom is -0.467 e. The molecule has 1 aromatic carbocycles. The van der Waals surface area contributed by atoms with Crippen molar-refractivity contribution in [1.82, 2.24) is 5.32 Å². The van der Waals surface area contributed by atoms with Crippen LogP contribution in [0.4, 0.5) is 0 Å². The van der Waals surface area contributed by atoms with Gasteiger partial charge in [0.15, 0.2) is 0 Å². The maximum atomic E-state index is 12.3. The van der Waals surface area contributed by atoms with Gasteiger partial charge in [-0.05, 0) is 48.2 Å². The van der Waals surface area contributed by atoms with Crippen LogP contribution >= 0.6 is 23.2 Å². The van der Waals surface area contributed by atoms with Gasteiger partial charge in [-0.15, -0.1) is 0 Å². The average Bonchev–Trinajstić information content (AvgIpc) is 3.10. The van der Waals surface area contributed by atoms with Crippen LogP contribution in [0.2, 0.25) is 10.0 Å². The Morgan fingerprint density at radius 2 is 2.09 bits per heavy atom. The van der Waals surface area contributed by atoms with Gasteiger partial charge in [0, 0.05) is 16.0 Å².